The van der Waals surface area contributed by atoms with Crippen molar-refractivity contribution in [1.29, 1.82) is 0 Å². The molecule has 0 atom stereocenters. The predicted octanol–water partition coefficient (Wildman–Crippen LogP) is 0.948. The molecule has 0 aliphatic carbocycles. The lowest BCUT2D eigenvalue weighted by Crippen LogP contribution is -2.42. The van der Waals surface area contributed by atoms with Crippen LogP contribution in [-0.2, 0) is 9.59 Å². The number of carbonyl (C=O) groups is 2. The Labute approximate surface area is 142 Å². The summed E-state index contributed by atoms with van der Waals surface area (Å²) in [6.45, 7) is 1.11. The van der Waals surface area contributed by atoms with Gasteiger partial charge < -0.3 is 15.1 Å². The quantitative estimate of drug-likeness (QED) is 0.801. The minimum absolute atomic E-state index is 0.0101. The molecule has 0 unspecified atom stereocenters. The number of thioether (sulfide) groups is 1. The van der Waals surface area contributed by atoms with Crippen LogP contribution in [-0.4, -0.2) is 50.7 Å². The second kappa shape index (κ2) is 7.43. The number of piperidine rings is 1. The molecule has 3 rings (SSSR count). The van der Waals surface area contributed by atoms with Gasteiger partial charge in [-0.25, -0.2) is 0 Å². The van der Waals surface area contributed by atoms with Gasteiger partial charge in [0.05, 0.1) is 11.3 Å². The average Bonchev–Trinajstić information content (AvgIpc) is 3.09. The highest BCUT2D eigenvalue weighted by Crippen LogP contribution is 2.23. The summed E-state index contributed by atoms with van der Waals surface area (Å²) in [7, 11) is 0. The fourth-order valence-electron chi connectivity index (χ4n) is 2.50. The van der Waals surface area contributed by atoms with Crippen LogP contribution in [0.1, 0.15) is 12.8 Å². The third kappa shape index (κ3) is 3.91. The van der Waals surface area contributed by atoms with Gasteiger partial charge in [-0.1, -0.05) is 11.8 Å². The van der Waals surface area contributed by atoms with Gasteiger partial charge in [-0.3, -0.25) is 14.6 Å². The average molecular weight is 347 g/mol. The van der Waals surface area contributed by atoms with Crippen molar-refractivity contribution < 1.29 is 14.0 Å². The van der Waals surface area contributed by atoms with Crippen molar-refractivity contribution in [3.8, 4) is 11.5 Å². The van der Waals surface area contributed by atoms with Crippen LogP contribution in [0, 0.1) is 5.92 Å². The van der Waals surface area contributed by atoms with Gasteiger partial charge in [-0.2, -0.15) is 0 Å². The Kier molecular flexibility index (Phi) is 5.09. The molecular formula is C15H17N5O3S. The molecule has 2 amide bonds. The topological polar surface area (TPSA) is 115 Å². The van der Waals surface area contributed by atoms with Crippen molar-refractivity contribution in [2.75, 3.05) is 18.8 Å². The number of nitrogens with zero attached hydrogens (tertiary/aromatic N) is 4. The minimum Gasteiger partial charge on any atom is -0.411 e. The normalized spacial score (nSPS) is 15.4. The van der Waals surface area contributed by atoms with Crippen LogP contribution in [0.5, 0.6) is 0 Å². The first-order valence-electron chi connectivity index (χ1n) is 7.57. The second-order valence-corrected chi connectivity index (χ2v) is 6.39. The third-order valence-corrected chi connectivity index (χ3v) is 4.69. The highest BCUT2D eigenvalue weighted by molar-refractivity contribution is 7.99. The van der Waals surface area contributed by atoms with Gasteiger partial charge in [0.1, 0.15) is 0 Å². The molecule has 1 aliphatic rings. The van der Waals surface area contributed by atoms with Gasteiger partial charge >= 0.3 is 0 Å². The van der Waals surface area contributed by atoms with Crippen LogP contribution >= 0.6 is 11.8 Å². The number of rotatable bonds is 5. The van der Waals surface area contributed by atoms with Crippen LogP contribution in [0.3, 0.4) is 0 Å². The van der Waals surface area contributed by atoms with Crippen LogP contribution in [0.2, 0.25) is 0 Å². The van der Waals surface area contributed by atoms with Crippen molar-refractivity contribution in [2.24, 2.45) is 11.7 Å². The van der Waals surface area contributed by atoms with E-state index in [0.717, 1.165) is 5.56 Å². The zero-order valence-electron chi connectivity index (χ0n) is 12.9. The molecule has 9 heteroatoms. The number of primary amides is 1. The number of amides is 2. The van der Waals surface area contributed by atoms with E-state index in [9.17, 15) is 9.59 Å². The summed E-state index contributed by atoms with van der Waals surface area (Å²) in [6, 6.07) is 3.61. The second-order valence-electron chi connectivity index (χ2n) is 5.46. The molecule has 0 spiro atoms. The smallest absolute Gasteiger partial charge is 0.277 e. The Balaban J connectivity index is 1.50. The van der Waals surface area contributed by atoms with Gasteiger partial charge in [0, 0.05) is 31.4 Å². The number of pyridine rings is 1. The number of carbonyl (C=O) groups excluding carboxylic acids is 2. The van der Waals surface area contributed by atoms with Crippen LogP contribution in [0.25, 0.3) is 11.5 Å². The van der Waals surface area contributed by atoms with Gasteiger partial charge in [0.2, 0.25) is 17.7 Å². The van der Waals surface area contributed by atoms with E-state index in [2.05, 4.69) is 15.2 Å². The molecule has 0 saturated carbocycles. The number of nitrogens with two attached hydrogens (primary N) is 1. The summed E-state index contributed by atoms with van der Waals surface area (Å²) in [4.78, 5) is 29.1. The van der Waals surface area contributed by atoms with E-state index in [1.807, 2.05) is 6.07 Å². The number of likely N-dealkylation sites (tertiary alicyclic amines) is 1. The first-order chi connectivity index (χ1) is 11.6. The largest absolute Gasteiger partial charge is 0.411 e. The fourth-order valence-corrected chi connectivity index (χ4v) is 3.17. The van der Waals surface area contributed by atoms with E-state index in [1.165, 1.54) is 11.8 Å². The molecule has 0 aromatic carbocycles. The van der Waals surface area contributed by atoms with Crippen LogP contribution < -0.4 is 5.73 Å². The van der Waals surface area contributed by atoms with E-state index >= 15 is 0 Å². The molecule has 2 N–H and O–H groups in total. The summed E-state index contributed by atoms with van der Waals surface area (Å²) < 4.78 is 5.52. The van der Waals surface area contributed by atoms with E-state index in [4.69, 9.17) is 10.2 Å². The van der Waals surface area contributed by atoms with Gasteiger partial charge in [-0.05, 0) is 25.0 Å². The molecule has 8 nitrogen and oxygen atoms in total. The third-order valence-electron chi connectivity index (χ3n) is 3.88. The Hall–Kier alpha value is -2.42. The van der Waals surface area contributed by atoms with Crippen LogP contribution in [0.4, 0.5) is 0 Å². The van der Waals surface area contributed by atoms with E-state index < -0.39 is 0 Å². The molecule has 1 aliphatic heterocycles. The highest BCUT2D eigenvalue weighted by atomic mass is 32.2. The summed E-state index contributed by atoms with van der Waals surface area (Å²) in [5, 5.41) is 8.23. The fraction of sp³-hybridized carbons (Fsp3) is 0.400. The number of hydrogen-bond acceptors (Lipinski definition) is 7. The zero-order chi connectivity index (χ0) is 16.9. The van der Waals surface area contributed by atoms with Crippen molar-refractivity contribution in [1.82, 2.24) is 20.1 Å². The Morgan fingerprint density at radius 2 is 2.12 bits per heavy atom. The molecule has 1 fully saturated rings. The zero-order valence-corrected chi connectivity index (χ0v) is 13.7. The molecule has 1 saturated heterocycles. The lowest BCUT2D eigenvalue weighted by molar-refractivity contribution is -0.132. The minimum atomic E-state index is -0.287. The molecule has 0 bridgehead atoms. The standard InChI is InChI=1S/C15H17N5O3S/c16-13(22)10-3-6-20(7-4-10)12(21)9-24-15-19-18-14(23-15)11-2-1-5-17-8-11/h1-2,5,8,10H,3-4,6-7,9H2,(H2,16,22). The molecular weight excluding hydrogens is 330 g/mol. The van der Waals surface area contributed by atoms with Crippen LogP contribution in [0.15, 0.2) is 34.2 Å². The predicted molar refractivity (Wildman–Crippen MR) is 86.8 cm³/mol. The molecule has 3 heterocycles. The first-order valence-corrected chi connectivity index (χ1v) is 8.56. The highest BCUT2D eigenvalue weighted by Gasteiger charge is 2.26. The van der Waals surface area contributed by atoms with Crippen molar-refractivity contribution in [3.63, 3.8) is 0 Å². The summed E-state index contributed by atoms with van der Waals surface area (Å²) >= 11 is 1.20. The van der Waals surface area contributed by atoms with Gasteiger partial charge in [0.25, 0.3) is 5.22 Å². The maximum absolute atomic E-state index is 12.2. The molecule has 0 radical (unpaired) electrons. The van der Waals surface area contributed by atoms with Crippen molar-refractivity contribution in [3.05, 3.63) is 24.5 Å². The van der Waals surface area contributed by atoms with Crippen molar-refractivity contribution >= 4 is 23.6 Å². The molecule has 2 aromatic rings. The Morgan fingerprint density at radius 3 is 2.79 bits per heavy atom. The monoisotopic (exact) mass is 347 g/mol. The maximum Gasteiger partial charge on any atom is 0.277 e. The number of hydrogen-bond donors (Lipinski definition) is 1. The van der Waals surface area contributed by atoms with Gasteiger partial charge in [-0.15, -0.1) is 10.2 Å². The lowest BCUT2D eigenvalue weighted by atomic mass is 9.96. The SMILES string of the molecule is NC(=O)C1CCN(C(=O)CSc2nnc(-c3cccnc3)o2)CC1. The van der Waals surface area contributed by atoms with Gasteiger partial charge in [0.15, 0.2) is 0 Å². The summed E-state index contributed by atoms with van der Waals surface area (Å²) in [6.07, 6.45) is 4.54. The van der Waals surface area contributed by atoms with Crippen molar-refractivity contribution in [2.45, 2.75) is 18.1 Å². The van der Waals surface area contributed by atoms with E-state index in [1.54, 1.807) is 23.4 Å². The Morgan fingerprint density at radius 1 is 1.33 bits per heavy atom. The summed E-state index contributed by atoms with van der Waals surface area (Å²) in [5.74, 6) is 0.171. The first kappa shape index (κ1) is 16.4. The molecule has 24 heavy (non-hydrogen) atoms. The molecule has 126 valence electrons. The van der Waals surface area contributed by atoms with E-state index in [-0.39, 0.29) is 23.5 Å². The maximum atomic E-state index is 12.2. The number of aromatic nitrogens is 3. The molecule has 2 aromatic heterocycles. The van der Waals surface area contributed by atoms with E-state index in [0.29, 0.717) is 37.0 Å². The Bertz CT molecular complexity index is 713. The lowest BCUT2D eigenvalue weighted by Gasteiger charge is -2.30. The summed E-state index contributed by atoms with van der Waals surface area (Å²) in [5.41, 5.74) is 6.03.